The molecule has 10 heteroatoms. The molecule has 1 N–H and O–H groups in total. The van der Waals surface area contributed by atoms with Gasteiger partial charge in [-0.05, 0) is 53.6 Å². The van der Waals surface area contributed by atoms with Crippen molar-refractivity contribution in [2.75, 3.05) is 27.4 Å². The van der Waals surface area contributed by atoms with Gasteiger partial charge >= 0.3 is 0 Å². The number of thioether (sulfide) groups is 1. The third kappa shape index (κ3) is 5.88. The van der Waals surface area contributed by atoms with E-state index >= 15 is 0 Å². The Morgan fingerprint density at radius 3 is 2.56 bits per heavy atom. The molecular weight excluding hydrogens is 480 g/mol. The molecule has 2 heterocycles. The molecule has 2 aliphatic heterocycles. The zero-order valence-corrected chi connectivity index (χ0v) is 21.4. The summed E-state index contributed by atoms with van der Waals surface area (Å²) in [5.74, 6) is 2.40. The van der Waals surface area contributed by atoms with Crippen molar-refractivity contribution in [2.45, 2.75) is 20.3 Å². The van der Waals surface area contributed by atoms with Crippen LogP contribution in [0.4, 0.5) is 0 Å². The minimum absolute atomic E-state index is 0.00485. The summed E-state index contributed by atoms with van der Waals surface area (Å²) in [6.07, 6.45) is 2.38. The second-order valence-corrected chi connectivity index (χ2v) is 9.44. The summed E-state index contributed by atoms with van der Waals surface area (Å²) < 4.78 is 22.2. The van der Waals surface area contributed by atoms with Crippen LogP contribution in [0.2, 0.25) is 0 Å². The number of amides is 1. The normalized spacial score (nSPS) is 16.1. The Bertz CT molecular complexity index is 1250. The van der Waals surface area contributed by atoms with Crippen molar-refractivity contribution in [3.05, 3.63) is 53.6 Å². The fourth-order valence-corrected chi connectivity index (χ4v) is 4.62. The number of ether oxygens (including phenoxy) is 4. The van der Waals surface area contributed by atoms with E-state index in [2.05, 4.69) is 23.9 Å². The molecule has 36 heavy (non-hydrogen) atoms. The van der Waals surface area contributed by atoms with E-state index < -0.39 is 5.91 Å². The van der Waals surface area contributed by atoms with Gasteiger partial charge in [-0.2, -0.15) is 15.1 Å². The maximum Gasteiger partial charge on any atom is 0.283 e. The van der Waals surface area contributed by atoms with Crippen LogP contribution in [0.5, 0.6) is 23.0 Å². The highest BCUT2D eigenvalue weighted by atomic mass is 32.2. The number of hydrogen-bond acceptors (Lipinski definition) is 8. The zero-order chi connectivity index (χ0) is 25.7. The number of aliphatic imine (C=N–C) groups is 1. The van der Waals surface area contributed by atoms with Crippen molar-refractivity contribution in [3.63, 3.8) is 0 Å². The summed E-state index contributed by atoms with van der Waals surface area (Å²) >= 11 is 1.34. The number of fused-ring (bicyclic) bond motifs is 1. The lowest BCUT2D eigenvalue weighted by Crippen LogP contribution is -2.35. The molecule has 188 valence electrons. The van der Waals surface area contributed by atoms with Crippen LogP contribution in [0.1, 0.15) is 25.8 Å². The number of nitrogens with one attached hydrogen (secondary N) is 1. The molecule has 2 aromatic carbocycles. The SMILES string of the molecule is COc1cccc(OCCOc2ccc(C=C3C(=N)N4N=C(CC(C)C)SC4=NC3=O)cc2OC)c1. The average Bonchev–Trinajstić information content (AvgIpc) is 3.26. The van der Waals surface area contributed by atoms with E-state index in [-0.39, 0.29) is 11.4 Å². The Morgan fingerprint density at radius 2 is 1.81 bits per heavy atom. The first-order chi connectivity index (χ1) is 17.4. The van der Waals surface area contributed by atoms with Crippen molar-refractivity contribution >= 4 is 39.8 Å². The third-order valence-electron chi connectivity index (χ3n) is 5.23. The minimum atomic E-state index is -0.464. The topological polar surface area (TPSA) is 106 Å². The molecule has 1 amide bonds. The maximum atomic E-state index is 12.7. The molecule has 0 bridgehead atoms. The lowest BCUT2D eigenvalue weighted by molar-refractivity contribution is -0.114. The number of methoxy groups -OCH3 is 2. The number of hydrogen-bond donors (Lipinski definition) is 1. The minimum Gasteiger partial charge on any atom is -0.497 e. The lowest BCUT2D eigenvalue weighted by atomic mass is 10.1. The van der Waals surface area contributed by atoms with Crippen molar-refractivity contribution < 1.29 is 23.7 Å². The van der Waals surface area contributed by atoms with E-state index in [4.69, 9.17) is 24.4 Å². The fourth-order valence-electron chi connectivity index (χ4n) is 3.53. The van der Waals surface area contributed by atoms with E-state index in [1.54, 1.807) is 44.6 Å². The highest BCUT2D eigenvalue weighted by molar-refractivity contribution is 8.26. The number of carbonyl (C=O) groups excluding carboxylic acids is 1. The third-order valence-corrected chi connectivity index (χ3v) is 6.16. The molecule has 0 radical (unpaired) electrons. The van der Waals surface area contributed by atoms with Crippen LogP contribution in [-0.4, -0.2) is 54.4 Å². The predicted octanol–water partition coefficient (Wildman–Crippen LogP) is 4.83. The predicted molar refractivity (Wildman–Crippen MR) is 141 cm³/mol. The number of carbonyl (C=O) groups is 1. The van der Waals surface area contributed by atoms with Crippen LogP contribution >= 0.6 is 11.8 Å². The highest BCUT2D eigenvalue weighted by Crippen LogP contribution is 2.32. The van der Waals surface area contributed by atoms with Crippen LogP contribution in [0.3, 0.4) is 0 Å². The first kappa shape index (κ1) is 25.3. The summed E-state index contributed by atoms with van der Waals surface area (Å²) in [7, 11) is 3.15. The fraction of sp³-hybridized carbons (Fsp3) is 0.308. The van der Waals surface area contributed by atoms with Crippen LogP contribution in [0.15, 0.2) is 58.1 Å². The first-order valence-electron chi connectivity index (χ1n) is 11.4. The Hall–Kier alpha value is -3.79. The molecule has 0 atom stereocenters. The lowest BCUT2D eigenvalue weighted by Gasteiger charge is -2.20. The average molecular weight is 509 g/mol. The Morgan fingerprint density at radius 1 is 1.03 bits per heavy atom. The molecule has 0 saturated carbocycles. The quantitative estimate of drug-likeness (QED) is 0.362. The second kappa shape index (κ2) is 11.3. The zero-order valence-electron chi connectivity index (χ0n) is 20.6. The monoisotopic (exact) mass is 508 g/mol. The molecular formula is C26H28N4O5S. The smallest absolute Gasteiger partial charge is 0.283 e. The van der Waals surface area contributed by atoms with Gasteiger partial charge in [-0.1, -0.05) is 26.0 Å². The first-order valence-corrected chi connectivity index (χ1v) is 12.3. The molecule has 2 aliphatic rings. The van der Waals surface area contributed by atoms with Gasteiger partial charge in [-0.15, -0.1) is 0 Å². The molecule has 0 spiro atoms. The van der Waals surface area contributed by atoms with Crippen molar-refractivity contribution in [1.29, 1.82) is 5.41 Å². The molecule has 0 aromatic heterocycles. The largest absolute Gasteiger partial charge is 0.497 e. The van der Waals surface area contributed by atoms with Gasteiger partial charge in [0.15, 0.2) is 17.3 Å². The molecule has 0 unspecified atom stereocenters. The van der Waals surface area contributed by atoms with Crippen LogP contribution in [0.25, 0.3) is 6.08 Å². The number of hydrazone groups is 1. The van der Waals surface area contributed by atoms with Gasteiger partial charge in [-0.25, -0.2) is 0 Å². The number of benzene rings is 2. The summed E-state index contributed by atoms with van der Waals surface area (Å²) in [5, 5.41) is 15.7. The summed E-state index contributed by atoms with van der Waals surface area (Å²) in [5.41, 5.74) is 0.841. The van der Waals surface area contributed by atoms with E-state index in [1.807, 2.05) is 18.2 Å². The van der Waals surface area contributed by atoms with Crippen molar-refractivity contribution in [1.82, 2.24) is 5.01 Å². The van der Waals surface area contributed by atoms with Gasteiger partial charge in [0.1, 0.15) is 29.8 Å². The van der Waals surface area contributed by atoms with E-state index in [0.29, 0.717) is 47.1 Å². The van der Waals surface area contributed by atoms with Gasteiger partial charge in [0, 0.05) is 12.5 Å². The van der Waals surface area contributed by atoms with Gasteiger partial charge in [0.2, 0.25) is 5.17 Å². The van der Waals surface area contributed by atoms with Crippen molar-refractivity contribution in [2.24, 2.45) is 16.0 Å². The molecule has 0 saturated heterocycles. The summed E-state index contributed by atoms with van der Waals surface area (Å²) in [4.78, 5) is 16.8. The molecule has 0 fully saturated rings. The molecule has 4 rings (SSSR count). The van der Waals surface area contributed by atoms with Crippen LogP contribution < -0.4 is 18.9 Å². The van der Waals surface area contributed by atoms with Crippen LogP contribution in [-0.2, 0) is 4.79 Å². The van der Waals surface area contributed by atoms with E-state index in [9.17, 15) is 4.79 Å². The summed E-state index contributed by atoms with van der Waals surface area (Å²) in [6, 6.07) is 12.6. The highest BCUT2D eigenvalue weighted by Gasteiger charge is 2.35. The van der Waals surface area contributed by atoms with Crippen LogP contribution in [0, 0.1) is 11.3 Å². The number of amidine groups is 2. The maximum absolute atomic E-state index is 12.7. The van der Waals surface area contributed by atoms with Gasteiger partial charge < -0.3 is 18.9 Å². The number of nitrogens with zero attached hydrogens (tertiary/aromatic N) is 3. The Labute approximate surface area is 214 Å². The standard InChI is InChI=1S/C26H28N4O5S/c1-16(2)12-23-29-30-24(27)20(25(31)28-26(30)36-23)13-17-8-9-21(22(14-17)33-4)35-11-10-34-19-7-5-6-18(15-19)32-3/h5-9,13-16,27H,10-12H2,1-4H3. The molecule has 2 aromatic rings. The molecule has 0 aliphatic carbocycles. The Kier molecular flexibility index (Phi) is 7.94. The summed E-state index contributed by atoms with van der Waals surface area (Å²) in [6.45, 7) is 4.83. The second-order valence-electron chi connectivity index (χ2n) is 8.40. The van der Waals surface area contributed by atoms with Gasteiger partial charge in [0.25, 0.3) is 5.91 Å². The van der Waals surface area contributed by atoms with E-state index in [1.165, 1.54) is 16.8 Å². The van der Waals surface area contributed by atoms with E-state index in [0.717, 1.165) is 17.2 Å². The molecule has 9 nitrogen and oxygen atoms in total. The Balaban J connectivity index is 1.42. The van der Waals surface area contributed by atoms with Gasteiger partial charge in [-0.3, -0.25) is 10.2 Å². The number of rotatable bonds is 10. The van der Waals surface area contributed by atoms with Crippen molar-refractivity contribution in [3.8, 4) is 23.0 Å². The van der Waals surface area contributed by atoms with Gasteiger partial charge in [0.05, 0.1) is 19.8 Å².